The maximum absolute atomic E-state index is 5.42. The van der Waals surface area contributed by atoms with Gasteiger partial charge in [0.2, 0.25) is 0 Å². The van der Waals surface area contributed by atoms with E-state index in [-0.39, 0.29) is 5.41 Å². The minimum Gasteiger partial charge on any atom is -0.496 e. The Morgan fingerprint density at radius 3 is 2.42 bits per heavy atom. The highest BCUT2D eigenvalue weighted by Crippen LogP contribution is 2.33. The first-order valence-electron chi connectivity index (χ1n) is 6.16. The lowest BCUT2D eigenvalue weighted by Gasteiger charge is -2.20. The number of ether oxygens (including phenoxy) is 1. The molecular weight excluding hydrogens is 256 g/mol. The van der Waals surface area contributed by atoms with Crippen LogP contribution in [0, 0.1) is 4.64 Å². The van der Waals surface area contributed by atoms with Crippen molar-refractivity contribution in [2.24, 2.45) is 0 Å². The van der Waals surface area contributed by atoms with Gasteiger partial charge in [0.25, 0.3) is 0 Å². The highest BCUT2D eigenvalue weighted by atomic mass is 32.1. The molecule has 3 nitrogen and oxygen atoms in total. The van der Waals surface area contributed by atoms with Gasteiger partial charge in [0, 0.05) is 5.56 Å². The maximum atomic E-state index is 5.42. The summed E-state index contributed by atoms with van der Waals surface area (Å²) in [5.74, 6) is 0.811. The monoisotopic (exact) mass is 274 g/mol. The van der Waals surface area contributed by atoms with E-state index in [0.29, 0.717) is 4.64 Å². The van der Waals surface area contributed by atoms with Crippen LogP contribution in [0.5, 0.6) is 5.75 Å². The third-order valence-corrected chi connectivity index (χ3v) is 3.25. The Labute approximate surface area is 118 Å². The molecule has 2 aromatic rings. The largest absolute Gasteiger partial charge is 0.496 e. The predicted molar refractivity (Wildman–Crippen MR) is 80.1 cm³/mol. The van der Waals surface area contributed by atoms with Crippen LogP contribution in [0.15, 0.2) is 30.3 Å². The molecule has 0 fully saturated rings. The molecule has 100 valence electrons. The third-order valence-electron chi connectivity index (χ3n) is 3.02. The molecule has 1 heterocycles. The van der Waals surface area contributed by atoms with E-state index < -0.39 is 0 Å². The van der Waals surface area contributed by atoms with Crippen LogP contribution in [-0.4, -0.2) is 17.3 Å². The molecule has 0 atom stereocenters. The molecule has 1 aromatic heterocycles. The third kappa shape index (κ3) is 3.01. The summed E-state index contributed by atoms with van der Waals surface area (Å²) in [5, 5.41) is 7.09. The number of aromatic amines is 1. The lowest BCUT2D eigenvalue weighted by Crippen LogP contribution is -2.11. The van der Waals surface area contributed by atoms with Crippen LogP contribution in [0.4, 0.5) is 0 Å². The predicted octanol–water partition coefficient (Wildman–Crippen LogP) is 4.11. The normalized spacial score (nSPS) is 11.4. The van der Waals surface area contributed by atoms with Crippen molar-refractivity contribution >= 4 is 12.2 Å². The summed E-state index contributed by atoms with van der Waals surface area (Å²) >= 11 is 5.02. The van der Waals surface area contributed by atoms with Crippen molar-refractivity contribution in [2.45, 2.75) is 26.2 Å². The molecule has 0 aliphatic rings. The Hall–Kier alpha value is -1.68. The number of hydrogen-bond acceptors (Lipinski definition) is 3. The van der Waals surface area contributed by atoms with Crippen LogP contribution in [0.25, 0.3) is 11.3 Å². The zero-order valence-corrected chi connectivity index (χ0v) is 12.5. The van der Waals surface area contributed by atoms with Gasteiger partial charge in [0.05, 0.1) is 12.8 Å². The summed E-state index contributed by atoms with van der Waals surface area (Å²) in [6, 6.07) is 9.94. The van der Waals surface area contributed by atoms with Gasteiger partial charge in [0.1, 0.15) is 10.4 Å². The number of methoxy groups -OCH3 is 1. The number of hydrogen-bond donors (Lipinski definition) is 1. The van der Waals surface area contributed by atoms with Gasteiger partial charge in [-0.05, 0) is 35.2 Å². The highest BCUT2D eigenvalue weighted by Gasteiger charge is 2.17. The van der Waals surface area contributed by atoms with Gasteiger partial charge in [-0.3, -0.25) is 5.10 Å². The van der Waals surface area contributed by atoms with Crippen molar-refractivity contribution in [3.05, 3.63) is 40.5 Å². The minimum absolute atomic E-state index is 0.0860. The van der Waals surface area contributed by atoms with Crippen LogP contribution in [0.1, 0.15) is 26.3 Å². The number of rotatable bonds is 2. The van der Waals surface area contributed by atoms with Crippen molar-refractivity contribution in [3.8, 4) is 17.0 Å². The molecule has 0 saturated carbocycles. The van der Waals surface area contributed by atoms with Crippen LogP contribution < -0.4 is 4.74 Å². The topological polar surface area (TPSA) is 37.9 Å². The van der Waals surface area contributed by atoms with Gasteiger partial charge < -0.3 is 4.74 Å². The summed E-state index contributed by atoms with van der Waals surface area (Å²) < 4.78 is 6.04. The van der Waals surface area contributed by atoms with Gasteiger partial charge in [-0.2, -0.15) is 5.10 Å². The van der Waals surface area contributed by atoms with Crippen LogP contribution >= 0.6 is 12.2 Å². The SMILES string of the molecule is COc1ccc(C(C)(C)C)cc1-c1ccc(=S)[nH]n1. The molecule has 1 aromatic carbocycles. The Kier molecular flexibility index (Phi) is 3.71. The Morgan fingerprint density at radius 1 is 1.16 bits per heavy atom. The first-order valence-corrected chi connectivity index (χ1v) is 6.57. The Bertz CT molecular complexity index is 621. The quantitative estimate of drug-likeness (QED) is 0.837. The summed E-state index contributed by atoms with van der Waals surface area (Å²) in [7, 11) is 1.67. The van der Waals surface area contributed by atoms with Gasteiger partial charge in [-0.1, -0.05) is 39.1 Å². The fraction of sp³-hybridized carbons (Fsp3) is 0.333. The van der Waals surface area contributed by atoms with Crippen LogP contribution in [-0.2, 0) is 5.41 Å². The van der Waals surface area contributed by atoms with Gasteiger partial charge in [-0.15, -0.1) is 0 Å². The molecule has 0 radical (unpaired) electrons. The van der Waals surface area contributed by atoms with Gasteiger partial charge >= 0.3 is 0 Å². The van der Waals surface area contributed by atoms with Crippen molar-refractivity contribution in [2.75, 3.05) is 7.11 Å². The van der Waals surface area contributed by atoms with Crippen molar-refractivity contribution < 1.29 is 4.74 Å². The minimum atomic E-state index is 0.0860. The Balaban J connectivity index is 2.59. The smallest absolute Gasteiger partial charge is 0.128 e. The van der Waals surface area contributed by atoms with E-state index in [1.165, 1.54) is 5.56 Å². The Morgan fingerprint density at radius 2 is 1.89 bits per heavy atom. The average molecular weight is 274 g/mol. The number of nitrogens with zero attached hydrogens (tertiary/aromatic N) is 1. The molecule has 0 aliphatic carbocycles. The van der Waals surface area contributed by atoms with Gasteiger partial charge in [-0.25, -0.2) is 0 Å². The zero-order valence-electron chi connectivity index (χ0n) is 11.7. The number of benzene rings is 1. The fourth-order valence-electron chi connectivity index (χ4n) is 1.87. The summed E-state index contributed by atoms with van der Waals surface area (Å²) in [6.07, 6.45) is 0. The molecule has 0 spiro atoms. The first kappa shape index (κ1) is 13.7. The second kappa shape index (κ2) is 5.13. The maximum Gasteiger partial charge on any atom is 0.128 e. The van der Waals surface area contributed by atoms with E-state index in [0.717, 1.165) is 17.0 Å². The second-order valence-electron chi connectivity index (χ2n) is 5.47. The zero-order chi connectivity index (χ0) is 14.0. The van der Waals surface area contributed by atoms with Crippen LogP contribution in [0.2, 0.25) is 0 Å². The molecule has 1 N–H and O–H groups in total. The molecule has 19 heavy (non-hydrogen) atoms. The molecule has 4 heteroatoms. The molecule has 0 aliphatic heterocycles. The summed E-state index contributed by atoms with van der Waals surface area (Å²) in [6.45, 7) is 6.56. The molecule has 0 bridgehead atoms. The molecule has 0 amide bonds. The lowest BCUT2D eigenvalue weighted by molar-refractivity contribution is 0.415. The van der Waals surface area contributed by atoms with Gasteiger partial charge in [0.15, 0.2) is 0 Å². The van der Waals surface area contributed by atoms with E-state index in [9.17, 15) is 0 Å². The fourth-order valence-corrected chi connectivity index (χ4v) is 1.98. The van der Waals surface area contributed by atoms with E-state index in [4.69, 9.17) is 17.0 Å². The second-order valence-corrected chi connectivity index (χ2v) is 5.91. The van der Waals surface area contributed by atoms with E-state index in [1.807, 2.05) is 18.2 Å². The summed E-state index contributed by atoms with van der Waals surface area (Å²) in [4.78, 5) is 0. The summed E-state index contributed by atoms with van der Waals surface area (Å²) in [5.41, 5.74) is 3.13. The van der Waals surface area contributed by atoms with Crippen molar-refractivity contribution in [3.63, 3.8) is 0 Å². The molecule has 0 saturated heterocycles. The van der Waals surface area contributed by atoms with E-state index >= 15 is 0 Å². The number of nitrogens with one attached hydrogen (secondary N) is 1. The molecule has 0 unspecified atom stereocenters. The molecular formula is C15H18N2OS. The average Bonchev–Trinajstić information content (AvgIpc) is 2.38. The van der Waals surface area contributed by atoms with E-state index in [2.05, 4.69) is 43.1 Å². The molecule has 2 rings (SSSR count). The van der Waals surface area contributed by atoms with Crippen molar-refractivity contribution in [1.82, 2.24) is 10.2 Å². The lowest BCUT2D eigenvalue weighted by atomic mass is 9.85. The highest BCUT2D eigenvalue weighted by molar-refractivity contribution is 7.71. The van der Waals surface area contributed by atoms with Crippen molar-refractivity contribution in [1.29, 1.82) is 0 Å². The first-order chi connectivity index (χ1) is 8.91. The van der Waals surface area contributed by atoms with E-state index in [1.54, 1.807) is 7.11 Å². The number of H-pyrrole nitrogens is 1. The standard InChI is InChI=1S/C15H18N2OS/c1-15(2,3)10-5-7-13(18-4)11(9-10)12-6-8-14(19)17-16-12/h5-9H,1-4H3,(H,17,19). The van der Waals surface area contributed by atoms with Crippen LogP contribution in [0.3, 0.4) is 0 Å². The number of aromatic nitrogens is 2.